The van der Waals surface area contributed by atoms with Gasteiger partial charge >= 0.3 is 6.03 Å². The first-order valence-electron chi connectivity index (χ1n) is 8.17. The Bertz CT molecular complexity index is 746. The van der Waals surface area contributed by atoms with E-state index in [1.807, 2.05) is 38.1 Å². The summed E-state index contributed by atoms with van der Waals surface area (Å²) in [5.74, 6) is 0.327. The van der Waals surface area contributed by atoms with E-state index in [4.69, 9.17) is 4.74 Å². The maximum absolute atomic E-state index is 12.0. The molecule has 138 valence electrons. The molecule has 0 radical (unpaired) electrons. The zero-order valence-corrected chi connectivity index (χ0v) is 17.1. The van der Waals surface area contributed by atoms with Gasteiger partial charge < -0.3 is 15.4 Å². The van der Waals surface area contributed by atoms with Crippen LogP contribution < -0.4 is 20.3 Å². The topological polar surface area (TPSA) is 70.7 Å². The van der Waals surface area contributed by atoms with Crippen LogP contribution in [0.3, 0.4) is 0 Å². The molecule has 2 aromatic rings. The number of benzene rings is 2. The fourth-order valence-electron chi connectivity index (χ4n) is 2.11. The Labute approximate surface area is 167 Å². The highest BCUT2D eigenvalue weighted by Crippen LogP contribution is 2.19. The van der Waals surface area contributed by atoms with Crippen LogP contribution in [0.5, 0.6) is 5.75 Å². The smallest absolute Gasteiger partial charge is 0.321 e. The van der Waals surface area contributed by atoms with Gasteiger partial charge in [-0.3, -0.25) is 9.69 Å². The molecule has 0 unspecified atom stereocenters. The maximum atomic E-state index is 12.0. The van der Waals surface area contributed by atoms with Crippen molar-refractivity contribution >= 4 is 45.9 Å². The van der Waals surface area contributed by atoms with E-state index in [9.17, 15) is 9.59 Å². The molecule has 2 rings (SSSR count). The van der Waals surface area contributed by atoms with E-state index in [2.05, 4.69) is 33.2 Å². The molecule has 0 aliphatic rings. The van der Waals surface area contributed by atoms with Gasteiger partial charge in [0, 0.05) is 28.0 Å². The number of hydrogen-bond acceptors (Lipinski definition) is 3. The number of amides is 3. The van der Waals surface area contributed by atoms with Crippen molar-refractivity contribution in [1.82, 2.24) is 5.32 Å². The summed E-state index contributed by atoms with van der Waals surface area (Å²) in [7, 11) is 1.70. The molecular weight excluding hydrogens is 445 g/mol. The normalized spacial score (nSPS) is 10.3. The van der Waals surface area contributed by atoms with Crippen LogP contribution in [0, 0.1) is 3.57 Å². The van der Waals surface area contributed by atoms with E-state index in [0.29, 0.717) is 5.75 Å². The van der Waals surface area contributed by atoms with Crippen molar-refractivity contribution in [1.29, 1.82) is 0 Å². The van der Waals surface area contributed by atoms with Gasteiger partial charge in [0.15, 0.2) is 6.61 Å². The molecule has 0 spiro atoms. The van der Waals surface area contributed by atoms with Crippen molar-refractivity contribution < 1.29 is 14.3 Å². The SMILES string of the molecule is CC(C)NC(=O)N(C)c1ccc(OCC(=O)Nc2ccc(I)cc2)cc1. The van der Waals surface area contributed by atoms with Gasteiger partial charge in [0.1, 0.15) is 5.75 Å². The van der Waals surface area contributed by atoms with Gasteiger partial charge in [-0.05, 0) is 85.0 Å². The molecule has 0 heterocycles. The van der Waals surface area contributed by atoms with Gasteiger partial charge in [-0.2, -0.15) is 0 Å². The Morgan fingerprint density at radius 1 is 1.08 bits per heavy atom. The maximum Gasteiger partial charge on any atom is 0.321 e. The quantitative estimate of drug-likeness (QED) is 0.634. The van der Waals surface area contributed by atoms with Crippen LogP contribution in [-0.4, -0.2) is 31.6 Å². The average Bonchev–Trinajstić information content (AvgIpc) is 2.61. The van der Waals surface area contributed by atoms with Crippen LogP contribution in [0.25, 0.3) is 0 Å². The van der Waals surface area contributed by atoms with Crippen molar-refractivity contribution in [2.45, 2.75) is 19.9 Å². The van der Waals surface area contributed by atoms with Gasteiger partial charge in [0.2, 0.25) is 0 Å². The molecule has 0 saturated carbocycles. The minimum absolute atomic E-state index is 0.0687. The number of urea groups is 1. The van der Waals surface area contributed by atoms with E-state index in [-0.39, 0.29) is 24.6 Å². The van der Waals surface area contributed by atoms with Crippen LogP contribution in [-0.2, 0) is 4.79 Å². The van der Waals surface area contributed by atoms with Crippen LogP contribution in [0.1, 0.15) is 13.8 Å². The van der Waals surface area contributed by atoms with E-state index >= 15 is 0 Å². The molecule has 0 bridgehead atoms. The molecule has 6 nitrogen and oxygen atoms in total. The first kappa shape index (κ1) is 20.0. The Morgan fingerprint density at radius 2 is 1.69 bits per heavy atom. The summed E-state index contributed by atoms with van der Waals surface area (Å²) in [6, 6.07) is 14.4. The molecule has 0 aliphatic heterocycles. The lowest BCUT2D eigenvalue weighted by molar-refractivity contribution is -0.118. The summed E-state index contributed by atoms with van der Waals surface area (Å²) in [6.45, 7) is 3.73. The van der Waals surface area contributed by atoms with Gasteiger partial charge in [-0.25, -0.2) is 4.79 Å². The fraction of sp³-hybridized carbons (Fsp3) is 0.263. The van der Waals surface area contributed by atoms with Crippen LogP contribution in [0.15, 0.2) is 48.5 Å². The second kappa shape index (κ2) is 9.42. The molecule has 0 atom stereocenters. The van der Waals surface area contributed by atoms with Gasteiger partial charge in [-0.1, -0.05) is 0 Å². The molecule has 0 aliphatic carbocycles. The third-order valence-electron chi connectivity index (χ3n) is 3.44. The van der Waals surface area contributed by atoms with Gasteiger partial charge in [0.25, 0.3) is 5.91 Å². The zero-order valence-electron chi connectivity index (χ0n) is 15.0. The minimum atomic E-state index is -0.233. The summed E-state index contributed by atoms with van der Waals surface area (Å²) in [4.78, 5) is 25.4. The zero-order chi connectivity index (χ0) is 19.1. The van der Waals surface area contributed by atoms with Crippen molar-refractivity contribution in [3.63, 3.8) is 0 Å². The number of carbonyl (C=O) groups excluding carboxylic acids is 2. The van der Waals surface area contributed by atoms with Crippen LogP contribution in [0.4, 0.5) is 16.2 Å². The molecule has 0 saturated heterocycles. The highest BCUT2D eigenvalue weighted by atomic mass is 127. The van der Waals surface area contributed by atoms with E-state index in [0.717, 1.165) is 14.9 Å². The van der Waals surface area contributed by atoms with E-state index in [1.165, 1.54) is 4.90 Å². The number of hydrogen-bond donors (Lipinski definition) is 2. The number of halogens is 1. The summed E-state index contributed by atoms with van der Waals surface area (Å²) < 4.78 is 6.59. The molecule has 0 aromatic heterocycles. The number of carbonyl (C=O) groups is 2. The molecule has 2 N–H and O–H groups in total. The molecule has 0 fully saturated rings. The van der Waals surface area contributed by atoms with Crippen molar-refractivity contribution in [2.75, 3.05) is 23.9 Å². The first-order chi connectivity index (χ1) is 12.3. The monoisotopic (exact) mass is 467 g/mol. The van der Waals surface area contributed by atoms with Crippen molar-refractivity contribution in [3.8, 4) is 5.75 Å². The molecule has 2 aromatic carbocycles. The number of rotatable bonds is 6. The highest BCUT2D eigenvalue weighted by molar-refractivity contribution is 14.1. The van der Waals surface area contributed by atoms with Crippen molar-refractivity contribution in [3.05, 3.63) is 52.1 Å². The number of nitrogens with zero attached hydrogens (tertiary/aromatic N) is 1. The summed E-state index contributed by atoms with van der Waals surface area (Å²) in [5, 5.41) is 5.60. The van der Waals surface area contributed by atoms with Crippen molar-refractivity contribution in [2.24, 2.45) is 0 Å². The minimum Gasteiger partial charge on any atom is -0.484 e. The largest absolute Gasteiger partial charge is 0.484 e. The Hall–Kier alpha value is -2.29. The summed E-state index contributed by atoms with van der Waals surface area (Å²) in [5.41, 5.74) is 1.46. The highest BCUT2D eigenvalue weighted by Gasteiger charge is 2.11. The van der Waals surface area contributed by atoms with Gasteiger partial charge in [-0.15, -0.1) is 0 Å². The fourth-order valence-corrected chi connectivity index (χ4v) is 2.47. The molecule has 3 amide bonds. The predicted octanol–water partition coefficient (Wildman–Crippen LogP) is 3.86. The third kappa shape index (κ3) is 6.21. The number of ether oxygens (including phenoxy) is 1. The number of nitrogens with one attached hydrogen (secondary N) is 2. The van der Waals surface area contributed by atoms with Gasteiger partial charge in [0.05, 0.1) is 0 Å². The summed E-state index contributed by atoms with van der Waals surface area (Å²) in [6.07, 6.45) is 0. The Kier molecular flexibility index (Phi) is 7.26. The van der Waals surface area contributed by atoms with E-state index in [1.54, 1.807) is 31.3 Å². The Morgan fingerprint density at radius 3 is 2.27 bits per heavy atom. The average molecular weight is 467 g/mol. The lowest BCUT2D eigenvalue weighted by atomic mass is 10.3. The number of anilines is 2. The lowest BCUT2D eigenvalue weighted by Crippen LogP contribution is -2.40. The summed E-state index contributed by atoms with van der Waals surface area (Å²) >= 11 is 2.21. The molecular formula is C19H22IN3O3. The first-order valence-corrected chi connectivity index (χ1v) is 9.25. The Balaban J connectivity index is 1.85. The van der Waals surface area contributed by atoms with Crippen LogP contribution >= 0.6 is 22.6 Å². The predicted molar refractivity (Wildman–Crippen MR) is 112 cm³/mol. The molecule has 26 heavy (non-hydrogen) atoms. The lowest BCUT2D eigenvalue weighted by Gasteiger charge is -2.20. The second-order valence-corrected chi connectivity index (χ2v) is 7.25. The van der Waals surface area contributed by atoms with E-state index < -0.39 is 0 Å². The van der Waals surface area contributed by atoms with Crippen LogP contribution in [0.2, 0.25) is 0 Å². The molecule has 7 heteroatoms. The second-order valence-electron chi connectivity index (χ2n) is 6.00. The third-order valence-corrected chi connectivity index (χ3v) is 4.16. The standard InChI is InChI=1S/C19H22IN3O3/c1-13(2)21-19(25)23(3)16-8-10-17(11-9-16)26-12-18(24)22-15-6-4-14(20)5-7-15/h4-11,13H,12H2,1-3H3,(H,21,25)(H,22,24).